The van der Waals surface area contributed by atoms with Crippen molar-refractivity contribution in [3.63, 3.8) is 0 Å². The van der Waals surface area contributed by atoms with Gasteiger partial charge in [0, 0.05) is 31.9 Å². The molecular formula is C22H38F6NOP2Rh-. The summed E-state index contributed by atoms with van der Waals surface area (Å²) in [6, 6.07) is 0. The molecule has 3 rings (SSSR count). The molecular weight excluding hydrogens is 573 g/mol. The second-order valence-electron chi connectivity index (χ2n) is 8.63. The molecule has 0 saturated heterocycles. The third kappa shape index (κ3) is 22.2. The van der Waals surface area contributed by atoms with Crippen LogP contribution in [-0.4, -0.2) is 28.9 Å². The molecule has 0 amide bonds. The van der Waals surface area contributed by atoms with E-state index in [1.807, 2.05) is 0 Å². The molecule has 0 bridgehead atoms. The number of hydrogen-bond acceptors (Lipinski definition) is 2. The van der Waals surface area contributed by atoms with Gasteiger partial charge in [-0.15, -0.1) is 5.16 Å². The van der Waals surface area contributed by atoms with Crippen molar-refractivity contribution in [1.82, 2.24) is 0 Å². The summed E-state index contributed by atoms with van der Waals surface area (Å²) < 4.78 is 59.2. The molecule has 0 aromatic carbocycles. The Morgan fingerprint density at radius 1 is 0.697 bits per heavy atom. The molecule has 1 N–H and O–H groups in total. The Balaban J connectivity index is 0.000000536. The van der Waals surface area contributed by atoms with Gasteiger partial charge in [0.05, 0.1) is 0 Å². The van der Waals surface area contributed by atoms with Crippen LogP contribution in [0.15, 0.2) is 29.5 Å². The second kappa shape index (κ2) is 15.2. The molecule has 0 aromatic rings. The summed E-state index contributed by atoms with van der Waals surface area (Å²) in [6.45, 7) is 0. The summed E-state index contributed by atoms with van der Waals surface area (Å²) >= 11 is 0. The number of allylic oxidation sites excluding steroid dienone is 4. The van der Waals surface area contributed by atoms with Gasteiger partial charge in [-0.3, -0.25) is 0 Å². The quantitative estimate of drug-likeness (QED) is 0.0641. The molecule has 0 spiro atoms. The molecule has 3 aliphatic carbocycles. The van der Waals surface area contributed by atoms with Gasteiger partial charge in [-0.25, -0.2) is 0 Å². The van der Waals surface area contributed by atoms with E-state index in [1.54, 1.807) is 6.21 Å². The maximum absolute atomic E-state index is 10.7. The molecule has 0 atom stereocenters. The van der Waals surface area contributed by atoms with Crippen LogP contribution < -0.4 is 0 Å². The number of rotatable bonds is 4. The van der Waals surface area contributed by atoms with Crippen LogP contribution in [0.1, 0.15) is 89.9 Å². The summed E-state index contributed by atoms with van der Waals surface area (Å²) in [5.74, 6) is 0. The predicted molar refractivity (Wildman–Crippen MR) is 126 cm³/mol. The molecule has 33 heavy (non-hydrogen) atoms. The minimum atomic E-state index is -10.7. The van der Waals surface area contributed by atoms with Crippen LogP contribution in [0.3, 0.4) is 0 Å². The van der Waals surface area contributed by atoms with Gasteiger partial charge in [0.1, 0.15) is 0 Å². The first-order valence-corrected chi connectivity index (χ1v) is 15.3. The van der Waals surface area contributed by atoms with Crippen LogP contribution >= 0.6 is 15.7 Å². The second-order valence-corrected chi connectivity index (χ2v) is 13.4. The molecule has 2 nitrogen and oxygen atoms in total. The normalized spacial score (nSPS) is 24.5. The van der Waals surface area contributed by atoms with Gasteiger partial charge >= 0.3 is 33.0 Å². The number of oxime groups is 1. The van der Waals surface area contributed by atoms with E-state index in [2.05, 4.69) is 29.5 Å². The summed E-state index contributed by atoms with van der Waals surface area (Å²) in [6.07, 6.45) is 31.3. The zero-order valence-corrected chi connectivity index (χ0v) is 22.5. The average molecular weight is 611 g/mol. The van der Waals surface area contributed by atoms with Gasteiger partial charge in [-0.05, 0) is 62.7 Å². The van der Waals surface area contributed by atoms with Crippen molar-refractivity contribution >= 4 is 21.9 Å². The van der Waals surface area contributed by atoms with E-state index < -0.39 is 7.81 Å². The van der Waals surface area contributed by atoms with Crippen molar-refractivity contribution in [2.75, 3.05) is 6.16 Å². The van der Waals surface area contributed by atoms with Gasteiger partial charge in [0.25, 0.3) is 0 Å². The summed E-state index contributed by atoms with van der Waals surface area (Å²) in [4.78, 5) is 0. The van der Waals surface area contributed by atoms with Crippen LogP contribution in [0, 0.1) is 0 Å². The van der Waals surface area contributed by atoms with Crippen molar-refractivity contribution in [3.8, 4) is 0 Å². The molecule has 0 aromatic heterocycles. The van der Waals surface area contributed by atoms with Gasteiger partial charge < -0.3 is 5.21 Å². The van der Waals surface area contributed by atoms with E-state index in [4.69, 9.17) is 5.21 Å². The van der Waals surface area contributed by atoms with Crippen molar-refractivity contribution in [2.24, 2.45) is 5.16 Å². The van der Waals surface area contributed by atoms with E-state index in [0.717, 1.165) is 17.5 Å². The largest absolute Gasteiger partial charge is 0.411 e. The van der Waals surface area contributed by atoms with Crippen LogP contribution in [0.4, 0.5) is 25.2 Å². The zero-order valence-electron chi connectivity index (χ0n) is 19.0. The van der Waals surface area contributed by atoms with Crippen molar-refractivity contribution in [3.05, 3.63) is 24.3 Å². The fourth-order valence-corrected chi connectivity index (χ4v) is 7.92. The monoisotopic (exact) mass is 611 g/mol. The molecule has 0 heterocycles. The van der Waals surface area contributed by atoms with Crippen molar-refractivity contribution in [2.45, 2.75) is 101 Å². The molecule has 2 fully saturated rings. The molecule has 0 unspecified atom stereocenters. The first kappa shape index (κ1) is 33.0. The van der Waals surface area contributed by atoms with E-state index in [1.165, 1.54) is 89.9 Å². The van der Waals surface area contributed by atoms with Gasteiger partial charge in [0.2, 0.25) is 0 Å². The molecule has 1 radical (unpaired) electrons. The van der Waals surface area contributed by atoms with Crippen molar-refractivity contribution in [1.29, 1.82) is 0 Å². The molecule has 199 valence electrons. The minimum Gasteiger partial charge on any atom is -0.411 e. The number of nitrogens with zero attached hydrogens (tertiary/aromatic N) is 1. The Hall–Kier alpha value is 0.0134. The van der Waals surface area contributed by atoms with Gasteiger partial charge in [-0.2, -0.15) is 0 Å². The molecule has 0 aliphatic heterocycles. The van der Waals surface area contributed by atoms with Crippen LogP contribution in [0.5, 0.6) is 0 Å². The Kier molecular flexibility index (Phi) is 15.2. The Morgan fingerprint density at radius 3 is 1.27 bits per heavy atom. The Bertz CT molecular complexity index is 546. The maximum Gasteiger partial charge on any atom is 0.0478 e. The SMILES string of the molecule is C1=C\CC/C=C\CC/1.F[P-](F)(F)(F)(F)F.O/N=C/CP(C1CCCCC1)C1CCCCC1.[Rh]. The first-order valence-electron chi connectivity index (χ1n) is 11.6. The first-order chi connectivity index (χ1) is 14.9. The number of hydrogen-bond donors (Lipinski definition) is 1. The Labute approximate surface area is 208 Å². The third-order valence-electron chi connectivity index (χ3n) is 5.79. The van der Waals surface area contributed by atoms with Crippen molar-refractivity contribution < 1.29 is 49.9 Å². The van der Waals surface area contributed by atoms with E-state index in [0.29, 0.717) is 0 Å². The summed E-state index contributed by atoms with van der Waals surface area (Å²) in [7, 11) is -10.6. The average Bonchev–Trinajstić information content (AvgIpc) is 2.68. The fourth-order valence-electron chi connectivity index (χ4n) is 4.41. The number of halogens is 6. The van der Waals surface area contributed by atoms with Crippen LogP contribution in [0.2, 0.25) is 0 Å². The molecule has 3 aliphatic rings. The standard InChI is InChI=1S/C14H26NOP.C8H12.F6P.Rh/c16-15-11-12-17(13-7-3-1-4-8-13)14-9-5-2-6-10-14;1-2-4-6-8-7-5-3-1;1-7(2,3,4,5)6;/h11,13-14,16H,1-10,12H2;1-2,7-8H,3-6H2;;/q;;-1;/b15-11+;2-1-,8-7-;;. The summed E-state index contributed by atoms with van der Waals surface area (Å²) in [5, 5.41) is 11.9. The topological polar surface area (TPSA) is 32.6 Å². The molecule has 11 heteroatoms. The molecule has 2 saturated carbocycles. The fraction of sp³-hybridized carbons (Fsp3) is 0.773. The van der Waals surface area contributed by atoms with E-state index in [9.17, 15) is 25.2 Å². The van der Waals surface area contributed by atoms with Crippen LogP contribution in [0.25, 0.3) is 0 Å². The summed E-state index contributed by atoms with van der Waals surface area (Å²) in [5.41, 5.74) is 1.94. The minimum absolute atomic E-state index is 0. The van der Waals surface area contributed by atoms with E-state index >= 15 is 0 Å². The van der Waals surface area contributed by atoms with Gasteiger partial charge in [-0.1, -0.05) is 70.8 Å². The van der Waals surface area contributed by atoms with Gasteiger partial charge in [0.15, 0.2) is 0 Å². The zero-order chi connectivity index (χ0) is 24.0. The smallest absolute Gasteiger partial charge is 0.0478 e. The predicted octanol–water partition coefficient (Wildman–Crippen LogP) is 10.6. The van der Waals surface area contributed by atoms with E-state index in [-0.39, 0.29) is 27.4 Å². The maximum atomic E-state index is 9.87. The van der Waals surface area contributed by atoms with Crippen LogP contribution in [-0.2, 0) is 19.5 Å². The Morgan fingerprint density at radius 2 is 1.00 bits per heavy atom. The third-order valence-corrected chi connectivity index (χ3v) is 9.29.